The van der Waals surface area contributed by atoms with Crippen molar-refractivity contribution in [2.75, 3.05) is 6.61 Å². The summed E-state index contributed by atoms with van der Waals surface area (Å²) in [6.07, 6.45) is 3.28. The summed E-state index contributed by atoms with van der Waals surface area (Å²) in [4.78, 5) is 0. The zero-order chi connectivity index (χ0) is 13.9. The fraction of sp³-hybridized carbons (Fsp3) is 0.625. The molecule has 1 saturated heterocycles. The molecule has 0 bridgehead atoms. The molecule has 0 radical (unpaired) electrons. The lowest BCUT2D eigenvalue weighted by molar-refractivity contribution is -0.0789. The van der Waals surface area contributed by atoms with Crippen molar-refractivity contribution < 1.29 is 4.74 Å². The van der Waals surface area contributed by atoms with Crippen LogP contribution in [0, 0.1) is 0 Å². The Labute approximate surface area is 125 Å². The third-order valence-corrected chi connectivity index (χ3v) is 4.92. The second-order valence-electron chi connectivity index (χ2n) is 5.75. The van der Waals surface area contributed by atoms with E-state index in [9.17, 15) is 0 Å². The van der Waals surface area contributed by atoms with Crippen LogP contribution in [-0.4, -0.2) is 18.2 Å². The number of hydrogen-bond donors (Lipinski definition) is 1. The fourth-order valence-electron chi connectivity index (χ4n) is 2.79. The van der Waals surface area contributed by atoms with E-state index in [4.69, 9.17) is 4.74 Å². The molecular formula is C16H24BrNO. The second-order valence-corrected chi connectivity index (χ2v) is 6.61. The van der Waals surface area contributed by atoms with E-state index in [1.54, 1.807) is 0 Å². The average Bonchev–Trinajstić information content (AvgIpc) is 2.39. The first-order valence-electron chi connectivity index (χ1n) is 7.18. The van der Waals surface area contributed by atoms with Gasteiger partial charge in [-0.05, 0) is 44.7 Å². The lowest BCUT2D eigenvalue weighted by Crippen LogP contribution is -2.45. The standard InChI is InChI=1S/C16H24BrNO/c1-4-16(3)11-13(9-10-19-16)18-12(2)14-7-5-6-8-15(14)17/h5-8,12-13,18H,4,9-11H2,1-3H3. The van der Waals surface area contributed by atoms with Crippen LogP contribution in [0.25, 0.3) is 0 Å². The van der Waals surface area contributed by atoms with Gasteiger partial charge in [-0.25, -0.2) is 0 Å². The van der Waals surface area contributed by atoms with E-state index in [-0.39, 0.29) is 5.60 Å². The lowest BCUT2D eigenvalue weighted by atomic mass is 9.89. The summed E-state index contributed by atoms with van der Waals surface area (Å²) in [6.45, 7) is 7.53. The Bertz CT molecular complexity index is 423. The highest BCUT2D eigenvalue weighted by molar-refractivity contribution is 9.10. The summed E-state index contributed by atoms with van der Waals surface area (Å²) in [5.74, 6) is 0. The highest BCUT2D eigenvalue weighted by Crippen LogP contribution is 2.30. The molecule has 2 nitrogen and oxygen atoms in total. The Kier molecular flexibility index (Phi) is 5.04. The number of halogens is 1. The topological polar surface area (TPSA) is 21.3 Å². The van der Waals surface area contributed by atoms with Crippen LogP contribution in [0.15, 0.2) is 28.7 Å². The smallest absolute Gasteiger partial charge is 0.0666 e. The summed E-state index contributed by atoms with van der Waals surface area (Å²) in [5.41, 5.74) is 1.37. The molecule has 2 rings (SSSR count). The van der Waals surface area contributed by atoms with Crippen LogP contribution in [0.4, 0.5) is 0 Å². The summed E-state index contributed by atoms with van der Waals surface area (Å²) >= 11 is 3.63. The second kappa shape index (κ2) is 6.38. The summed E-state index contributed by atoms with van der Waals surface area (Å²) in [7, 11) is 0. The molecule has 1 aliphatic heterocycles. The maximum Gasteiger partial charge on any atom is 0.0666 e. The van der Waals surface area contributed by atoms with Gasteiger partial charge in [-0.3, -0.25) is 0 Å². The first-order valence-corrected chi connectivity index (χ1v) is 7.98. The molecule has 1 aromatic carbocycles. The van der Waals surface area contributed by atoms with E-state index in [1.165, 1.54) is 10.0 Å². The normalized spacial score (nSPS) is 29.2. The predicted octanol–water partition coefficient (Wildman–Crippen LogP) is 4.45. The Morgan fingerprint density at radius 1 is 1.47 bits per heavy atom. The maximum atomic E-state index is 5.91. The summed E-state index contributed by atoms with van der Waals surface area (Å²) in [6, 6.07) is 9.34. The Hall–Kier alpha value is -0.380. The summed E-state index contributed by atoms with van der Waals surface area (Å²) < 4.78 is 7.09. The van der Waals surface area contributed by atoms with Gasteiger partial charge in [-0.1, -0.05) is 41.1 Å². The van der Waals surface area contributed by atoms with E-state index < -0.39 is 0 Å². The average molecular weight is 326 g/mol. The molecule has 0 amide bonds. The SMILES string of the molecule is CCC1(C)CC(NC(C)c2ccccc2Br)CCO1. The van der Waals surface area contributed by atoms with Crippen LogP contribution in [0.1, 0.15) is 51.6 Å². The fourth-order valence-corrected chi connectivity index (χ4v) is 3.42. The molecule has 1 aliphatic rings. The molecule has 1 aromatic rings. The molecular weight excluding hydrogens is 302 g/mol. The minimum Gasteiger partial charge on any atom is -0.375 e. The van der Waals surface area contributed by atoms with E-state index in [0.29, 0.717) is 12.1 Å². The van der Waals surface area contributed by atoms with Gasteiger partial charge in [0.15, 0.2) is 0 Å². The van der Waals surface area contributed by atoms with Crippen molar-refractivity contribution in [3.63, 3.8) is 0 Å². The third kappa shape index (κ3) is 3.80. The van der Waals surface area contributed by atoms with Gasteiger partial charge in [-0.2, -0.15) is 0 Å². The van der Waals surface area contributed by atoms with E-state index in [1.807, 2.05) is 0 Å². The molecule has 0 spiro atoms. The molecule has 0 aromatic heterocycles. The molecule has 19 heavy (non-hydrogen) atoms. The van der Waals surface area contributed by atoms with Crippen LogP contribution in [0.2, 0.25) is 0 Å². The van der Waals surface area contributed by atoms with Crippen LogP contribution in [0.5, 0.6) is 0 Å². The molecule has 3 heteroatoms. The van der Waals surface area contributed by atoms with Gasteiger partial charge in [0.1, 0.15) is 0 Å². The number of hydrogen-bond acceptors (Lipinski definition) is 2. The monoisotopic (exact) mass is 325 g/mol. The number of nitrogens with one attached hydrogen (secondary N) is 1. The van der Waals surface area contributed by atoms with E-state index in [2.05, 4.69) is 66.3 Å². The van der Waals surface area contributed by atoms with Crippen molar-refractivity contribution in [1.82, 2.24) is 5.32 Å². The van der Waals surface area contributed by atoms with Gasteiger partial charge in [-0.15, -0.1) is 0 Å². The van der Waals surface area contributed by atoms with E-state index in [0.717, 1.165) is 25.9 Å². The van der Waals surface area contributed by atoms with Gasteiger partial charge in [0.05, 0.1) is 5.60 Å². The molecule has 1 N–H and O–H groups in total. The first kappa shape index (κ1) is 15.0. The van der Waals surface area contributed by atoms with Gasteiger partial charge < -0.3 is 10.1 Å². The largest absolute Gasteiger partial charge is 0.375 e. The molecule has 3 atom stereocenters. The van der Waals surface area contributed by atoms with Crippen molar-refractivity contribution >= 4 is 15.9 Å². The zero-order valence-electron chi connectivity index (χ0n) is 12.1. The van der Waals surface area contributed by atoms with Gasteiger partial charge in [0, 0.05) is 23.2 Å². The molecule has 0 saturated carbocycles. The quantitative estimate of drug-likeness (QED) is 0.883. The van der Waals surface area contributed by atoms with Crippen molar-refractivity contribution in [2.45, 2.75) is 57.7 Å². The molecule has 0 aliphatic carbocycles. The number of benzene rings is 1. The van der Waals surface area contributed by atoms with Gasteiger partial charge in [0.25, 0.3) is 0 Å². The summed E-state index contributed by atoms with van der Waals surface area (Å²) in [5, 5.41) is 3.76. The molecule has 1 heterocycles. The van der Waals surface area contributed by atoms with Crippen molar-refractivity contribution in [3.8, 4) is 0 Å². The highest BCUT2D eigenvalue weighted by Gasteiger charge is 2.32. The number of rotatable bonds is 4. The van der Waals surface area contributed by atoms with E-state index >= 15 is 0 Å². The maximum absolute atomic E-state index is 5.91. The molecule has 3 unspecified atom stereocenters. The van der Waals surface area contributed by atoms with Crippen LogP contribution in [-0.2, 0) is 4.74 Å². The first-order chi connectivity index (χ1) is 9.04. The minimum atomic E-state index is 0.0452. The van der Waals surface area contributed by atoms with Crippen molar-refractivity contribution in [2.24, 2.45) is 0 Å². The highest BCUT2D eigenvalue weighted by atomic mass is 79.9. The number of ether oxygens (including phenoxy) is 1. The minimum absolute atomic E-state index is 0.0452. The van der Waals surface area contributed by atoms with Crippen molar-refractivity contribution in [1.29, 1.82) is 0 Å². The Morgan fingerprint density at radius 3 is 2.89 bits per heavy atom. The molecule has 1 fully saturated rings. The Balaban J connectivity index is 1.99. The predicted molar refractivity (Wildman–Crippen MR) is 83.4 cm³/mol. The van der Waals surface area contributed by atoms with Gasteiger partial charge in [0.2, 0.25) is 0 Å². The van der Waals surface area contributed by atoms with Crippen molar-refractivity contribution in [3.05, 3.63) is 34.3 Å². The van der Waals surface area contributed by atoms with Crippen LogP contribution in [0.3, 0.4) is 0 Å². The van der Waals surface area contributed by atoms with Crippen LogP contribution < -0.4 is 5.32 Å². The van der Waals surface area contributed by atoms with Crippen LogP contribution >= 0.6 is 15.9 Å². The third-order valence-electron chi connectivity index (χ3n) is 4.20. The zero-order valence-corrected chi connectivity index (χ0v) is 13.7. The van der Waals surface area contributed by atoms with Gasteiger partial charge >= 0.3 is 0 Å². The lowest BCUT2D eigenvalue weighted by Gasteiger charge is -2.39. The molecule has 106 valence electrons. The Morgan fingerprint density at radius 2 is 2.21 bits per heavy atom.